The molecule has 1 saturated heterocycles. The zero-order valence-electron chi connectivity index (χ0n) is 12.6. The van der Waals surface area contributed by atoms with Gasteiger partial charge in [0.2, 0.25) is 11.8 Å². The molecular weight excluding hydrogens is 298 g/mol. The summed E-state index contributed by atoms with van der Waals surface area (Å²) < 4.78 is 1.83. The van der Waals surface area contributed by atoms with Gasteiger partial charge in [-0.25, -0.2) is 4.98 Å². The molecule has 122 valence electrons. The van der Waals surface area contributed by atoms with Gasteiger partial charge in [0.1, 0.15) is 5.65 Å². The van der Waals surface area contributed by atoms with Crippen LogP contribution in [0.15, 0.2) is 24.5 Å². The molecule has 1 fully saturated rings. The Morgan fingerprint density at radius 2 is 2.17 bits per heavy atom. The smallest absolute Gasteiger partial charge is 0.250 e. The van der Waals surface area contributed by atoms with Crippen molar-refractivity contribution < 1.29 is 14.7 Å². The van der Waals surface area contributed by atoms with Crippen LogP contribution < -0.4 is 11.5 Å². The van der Waals surface area contributed by atoms with Gasteiger partial charge >= 0.3 is 0 Å². The lowest BCUT2D eigenvalue weighted by molar-refractivity contribution is -0.130. The van der Waals surface area contributed by atoms with Gasteiger partial charge in [0, 0.05) is 43.8 Å². The maximum atomic E-state index is 11.9. The number of nitrogens with two attached hydrogens (primary N) is 2. The number of hydrogen-bond donors (Lipinski definition) is 3. The van der Waals surface area contributed by atoms with Crippen molar-refractivity contribution in [3.63, 3.8) is 0 Å². The quantitative estimate of drug-likeness (QED) is 0.682. The van der Waals surface area contributed by atoms with E-state index in [0.29, 0.717) is 24.3 Å². The Morgan fingerprint density at radius 3 is 2.87 bits per heavy atom. The fourth-order valence-electron chi connectivity index (χ4n) is 2.97. The van der Waals surface area contributed by atoms with Crippen molar-refractivity contribution in [1.29, 1.82) is 0 Å². The summed E-state index contributed by atoms with van der Waals surface area (Å²) in [6, 6.07) is 3.20. The van der Waals surface area contributed by atoms with Crippen LogP contribution in [0.3, 0.4) is 0 Å². The number of aliphatic hydroxyl groups is 1. The summed E-state index contributed by atoms with van der Waals surface area (Å²) >= 11 is 0. The Labute approximate surface area is 132 Å². The van der Waals surface area contributed by atoms with Crippen molar-refractivity contribution in [2.45, 2.75) is 18.6 Å². The van der Waals surface area contributed by atoms with Gasteiger partial charge in [0.25, 0.3) is 0 Å². The van der Waals surface area contributed by atoms with Crippen LogP contribution >= 0.6 is 0 Å². The van der Waals surface area contributed by atoms with E-state index in [1.807, 2.05) is 10.6 Å². The number of nitrogens with zero attached hydrogens (tertiary/aromatic N) is 3. The average Bonchev–Trinajstić information content (AvgIpc) is 3.10. The summed E-state index contributed by atoms with van der Waals surface area (Å²) in [6.45, 7) is 0.978. The second-order valence-electron chi connectivity index (χ2n) is 5.70. The highest BCUT2D eigenvalue weighted by Gasteiger charge is 2.35. The van der Waals surface area contributed by atoms with E-state index in [-0.39, 0.29) is 24.9 Å². The third kappa shape index (κ3) is 2.78. The summed E-state index contributed by atoms with van der Waals surface area (Å²) in [7, 11) is 0. The molecule has 1 aliphatic heterocycles. The van der Waals surface area contributed by atoms with Crippen molar-refractivity contribution in [2.75, 3.05) is 19.6 Å². The zero-order valence-corrected chi connectivity index (χ0v) is 12.6. The number of hydrogen-bond acceptors (Lipinski definition) is 5. The van der Waals surface area contributed by atoms with Crippen LogP contribution in [0.4, 0.5) is 0 Å². The number of fused-ring (bicyclic) bond motifs is 1. The number of amides is 2. The molecule has 0 bridgehead atoms. The van der Waals surface area contributed by atoms with E-state index in [1.54, 1.807) is 17.2 Å². The van der Waals surface area contributed by atoms with Crippen LogP contribution in [-0.2, 0) is 4.79 Å². The zero-order chi connectivity index (χ0) is 16.6. The number of primary amides is 1. The fraction of sp³-hybridized carbons (Fsp3) is 0.400. The van der Waals surface area contributed by atoms with E-state index in [2.05, 4.69) is 4.98 Å². The average molecular weight is 317 g/mol. The second kappa shape index (κ2) is 5.98. The number of aromatic nitrogens is 2. The van der Waals surface area contributed by atoms with Gasteiger partial charge in [-0.1, -0.05) is 0 Å². The minimum Gasteiger partial charge on any atom is -0.389 e. The van der Waals surface area contributed by atoms with Crippen LogP contribution in [0.5, 0.6) is 0 Å². The summed E-state index contributed by atoms with van der Waals surface area (Å²) in [5, 5.41) is 11.1. The standard InChI is InChI=1S/C15H19N5O3/c16-3-1-13(22)19-7-11(12(21)8-19)20-4-2-9-5-10(14(17)23)6-18-15(9)20/h2,4-6,11-12,21H,1,3,7-8,16H2,(H2,17,23)/t11-,12-/m1/s1. The van der Waals surface area contributed by atoms with Gasteiger partial charge in [0.05, 0.1) is 17.7 Å². The molecule has 0 unspecified atom stereocenters. The molecule has 2 atom stereocenters. The summed E-state index contributed by atoms with van der Waals surface area (Å²) in [6.07, 6.45) is 2.81. The largest absolute Gasteiger partial charge is 0.389 e. The topological polar surface area (TPSA) is 127 Å². The van der Waals surface area contributed by atoms with E-state index < -0.39 is 12.0 Å². The van der Waals surface area contributed by atoms with E-state index in [9.17, 15) is 14.7 Å². The number of likely N-dealkylation sites (tertiary alicyclic amines) is 1. The third-order valence-corrected chi connectivity index (χ3v) is 4.17. The van der Waals surface area contributed by atoms with Crippen molar-refractivity contribution in [2.24, 2.45) is 11.5 Å². The Hall–Kier alpha value is -2.45. The van der Waals surface area contributed by atoms with Gasteiger partial charge in [-0.15, -0.1) is 0 Å². The van der Waals surface area contributed by atoms with Crippen molar-refractivity contribution in [3.05, 3.63) is 30.1 Å². The SMILES string of the molecule is NCCC(=O)N1C[C@@H](O)[C@H](n2ccc3cc(C(N)=O)cnc32)C1. The monoisotopic (exact) mass is 317 g/mol. The van der Waals surface area contributed by atoms with Crippen LogP contribution in [0.1, 0.15) is 22.8 Å². The highest BCUT2D eigenvalue weighted by molar-refractivity contribution is 5.95. The van der Waals surface area contributed by atoms with Gasteiger partial charge in [-0.2, -0.15) is 0 Å². The molecule has 23 heavy (non-hydrogen) atoms. The lowest BCUT2D eigenvalue weighted by Gasteiger charge is -2.17. The normalized spacial score (nSPS) is 21.0. The molecule has 2 aromatic rings. The molecule has 3 rings (SSSR count). The van der Waals surface area contributed by atoms with Gasteiger partial charge in [-0.3, -0.25) is 9.59 Å². The first-order chi connectivity index (χ1) is 11.0. The number of aliphatic hydroxyl groups excluding tert-OH is 1. The molecule has 0 saturated carbocycles. The first-order valence-corrected chi connectivity index (χ1v) is 7.43. The minimum absolute atomic E-state index is 0.0607. The lowest BCUT2D eigenvalue weighted by Crippen LogP contribution is -2.31. The molecule has 2 amide bonds. The number of pyridine rings is 1. The predicted octanol–water partition coefficient (Wildman–Crippen LogP) is -0.772. The molecule has 5 N–H and O–H groups in total. The molecule has 0 radical (unpaired) electrons. The summed E-state index contributed by atoms with van der Waals surface area (Å²) in [5.74, 6) is -0.596. The Morgan fingerprint density at radius 1 is 1.39 bits per heavy atom. The number of rotatable bonds is 4. The lowest BCUT2D eigenvalue weighted by atomic mass is 10.2. The molecule has 0 aromatic carbocycles. The molecule has 0 spiro atoms. The highest BCUT2D eigenvalue weighted by Crippen LogP contribution is 2.27. The van der Waals surface area contributed by atoms with E-state index >= 15 is 0 Å². The van der Waals surface area contributed by atoms with Gasteiger partial charge in [-0.05, 0) is 12.1 Å². The number of carbonyl (C=O) groups excluding carboxylic acids is 2. The van der Waals surface area contributed by atoms with Crippen LogP contribution in [-0.4, -0.2) is 57.1 Å². The maximum Gasteiger partial charge on any atom is 0.250 e. The van der Waals surface area contributed by atoms with Crippen LogP contribution in [0.2, 0.25) is 0 Å². The maximum absolute atomic E-state index is 11.9. The van der Waals surface area contributed by atoms with Gasteiger partial charge < -0.3 is 26.0 Å². The first kappa shape index (κ1) is 15.4. The minimum atomic E-state index is -0.676. The summed E-state index contributed by atoms with van der Waals surface area (Å²) in [4.78, 5) is 29.1. The van der Waals surface area contributed by atoms with Crippen LogP contribution in [0.25, 0.3) is 11.0 Å². The Kier molecular flexibility index (Phi) is 4.01. The van der Waals surface area contributed by atoms with Crippen molar-refractivity contribution in [1.82, 2.24) is 14.5 Å². The molecule has 0 aliphatic carbocycles. The molecular formula is C15H19N5O3. The van der Waals surface area contributed by atoms with Crippen molar-refractivity contribution >= 4 is 22.8 Å². The molecule has 2 aromatic heterocycles. The van der Waals surface area contributed by atoms with E-state index in [4.69, 9.17) is 11.5 Å². The van der Waals surface area contributed by atoms with Crippen LogP contribution in [0, 0.1) is 0 Å². The fourth-order valence-corrected chi connectivity index (χ4v) is 2.97. The number of β-amino-alcohol motifs (C(OH)–C–C–N with tert-alkyl or cyclic N) is 1. The third-order valence-electron chi connectivity index (χ3n) is 4.17. The summed E-state index contributed by atoms with van der Waals surface area (Å²) in [5.41, 5.74) is 11.6. The Balaban J connectivity index is 1.88. The highest BCUT2D eigenvalue weighted by atomic mass is 16.3. The van der Waals surface area contributed by atoms with Gasteiger partial charge in [0.15, 0.2) is 0 Å². The van der Waals surface area contributed by atoms with Crippen molar-refractivity contribution in [3.8, 4) is 0 Å². The van der Waals surface area contributed by atoms with E-state index in [1.165, 1.54) is 6.20 Å². The molecule has 8 heteroatoms. The first-order valence-electron chi connectivity index (χ1n) is 7.43. The molecule has 8 nitrogen and oxygen atoms in total. The molecule has 3 heterocycles. The van der Waals surface area contributed by atoms with E-state index in [0.717, 1.165) is 5.39 Å². The number of carbonyl (C=O) groups is 2. The Bertz CT molecular complexity index is 757. The second-order valence-corrected chi connectivity index (χ2v) is 5.70. The molecule has 1 aliphatic rings. The predicted molar refractivity (Wildman–Crippen MR) is 83.5 cm³/mol.